The highest BCUT2D eigenvalue weighted by molar-refractivity contribution is 5.64. The van der Waals surface area contributed by atoms with E-state index in [9.17, 15) is 4.79 Å². The van der Waals surface area contributed by atoms with Crippen LogP contribution in [-0.4, -0.2) is 31.1 Å². The van der Waals surface area contributed by atoms with Crippen LogP contribution >= 0.6 is 0 Å². The van der Waals surface area contributed by atoms with Gasteiger partial charge in [0.15, 0.2) is 11.5 Å². The lowest BCUT2D eigenvalue weighted by atomic mass is 10.00. The van der Waals surface area contributed by atoms with Crippen LogP contribution in [0.1, 0.15) is 41.3 Å². The van der Waals surface area contributed by atoms with E-state index < -0.39 is 0 Å². The Morgan fingerprint density at radius 2 is 1.87 bits per heavy atom. The molecule has 4 aromatic heterocycles. The summed E-state index contributed by atoms with van der Waals surface area (Å²) in [5.41, 5.74) is 7.22. The molecule has 0 amide bonds. The summed E-state index contributed by atoms with van der Waals surface area (Å²) in [5, 5.41) is 4.63. The molecule has 154 valence electrons. The highest BCUT2D eigenvalue weighted by atomic mass is 16.1. The van der Waals surface area contributed by atoms with Gasteiger partial charge in [0.2, 0.25) is 0 Å². The quantitative estimate of drug-likeness (QED) is 0.516. The molecule has 4 aromatic rings. The molecule has 0 N–H and O–H groups in total. The van der Waals surface area contributed by atoms with Gasteiger partial charge in [0.25, 0.3) is 5.56 Å². The first-order chi connectivity index (χ1) is 15.2. The molecule has 31 heavy (non-hydrogen) atoms. The van der Waals surface area contributed by atoms with Gasteiger partial charge in [-0.1, -0.05) is 0 Å². The van der Waals surface area contributed by atoms with Crippen molar-refractivity contribution >= 4 is 11.5 Å². The largest absolute Gasteiger partial charge is 0.350 e. The van der Waals surface area contributed by atoms with Gasteiger partial charge in [-0.3, -0.25) is 14.8 Å². The van der Waals surface area contributed by atoms with Crippen LogP contribution in [0.3, 0.4) is 0 Å². The SMILES string of the molecule is Cc1cc2nccc(=O)n2nc1N1CCc2ncc(-c3ccnc(C4CC4)c3)cc2C1. The minimum Gasteiger partial charge on any atom is -0.350 e. The van der Waals surface area contributed by atoms with Gasteiger partial charge < -0.3 is 4.90 Å². The summed E-state index contributed by atoms with van der Waals surface area (Å²) in [4.78, 5) is 28.0. The maximum Gasteiger partial charge on any atom is 0.274 e. The van der Waals surface area contributed by atoms with Crippen LogP contribution in [0.15, 0.2) is 53.7 Å². The molecule has 0 bridgehead atoms. The lowest BCUT2D eigenvalue weighted by Crippen LogP contribution is -2.33. The molecule has 1 fully saturated rings. The minimum absolute atomic E-state index is 0.170. The molecule has 1 saturated carbocycles. The molecule has 0 unspecified atom stereocenters. The van der Waals surface area contributed by atoms with Crippen molar-refractivity contribution in [3.8, 4) is 11.1 Å². The van der Waals surface area contributed by atoms with Gasteiger partial charge in [0.1, 0.15) is 0 Å². The van der Waals surface area contributed by atoms with Crippen molar-refractivity contribution in [1.82, 2.24) is 24.6 Å². The highest BCUT2D eigenvalue weighted by Gasteiger charge is 2.25. The molecule has 0 aromatic carbocycles. The van der Waals surface area contributed by atoms with E-state index in [4.69, 9.17) is 4.98 Å². The topological polar surface area (TPSA) is 76.3 Å². The van der Waals surface area contributed by atoms with Crippen molar-refractivity contribution < 1.29 is 0 Å². The normalized spacial score (nSPS) is 15.8. The third-order valence-electron chi connectivity index (χ3n) is 6.19. The van der Waals surface area contributed by atoms with E-state index in [0.29, 0.717) is 18.1 Å². The molecule has 6 rings (SSSR count). The van der Waals surface area contributed by atoms with Crippen LogP contribution in [0.5, 0.6) is 0 Å². The molecule has 7 heteroatoms. The smallest absolute Gasteiger partial charge is 0.274 e. The number of hydrogen-bond donors (Lipinski definition) is 0. The van der Waals surface area contributed by atoms with Crippen molar-refractivity contribution in [3.63, 3.8) is 0 Å². The summed E-state index contributed by atoms with van der Waals surface area (Å²) in [7, 11) is 0. The van der Waals surface area contributed by atoms with Crippen molar-refractivity contribution in [2.45, 2.75) is 38.6 Å². The molecule has 0 saturated heterocycles. The number of hydrogen-bond acceptors (Lipinski definition) is 6. The van der Waals surface area contributed by atoms with Gasteiger partial charge >= 0.3 is 0 Å². The standard InChI is InChI=1S/C24H22N6O/c1-15-10-22-26-8-5-23(31)30(22)28-24(15)29-9-6-20-19(14-29)11-18(13-27-20)17-4-7-25-21(12-17)16-2-3-16/h4-5,7-8,10-13,16H,2-3,6,9,14H2,1H3. The molecule has 0 radical (unpaired) electrons. The fourth-order valence-electron chi connectivity index (χ4n) is 4.35. The summed E-state index contributed by atoms with van der Waals surface area (Å²) >= 11 is 0. The Labute approximate surface area is 179 Å². The van der Waals surface area contributed by atoms with E-state index in [1.807, 2.05) is 25.4 Å². The molecule has 1 aliphatic heterocycles. The monoisotopic (exact) mass is 410 g/mol. The Balaban J connectivity index is 1.35. The molecule has 2 aliphatic rings. The fraction of sp³-hybridized carbons (Fsp3) is 0.292. The number of aromatic nitrogens is 5. The number of aryl methyl sites for hydroxylation is 1. The highest BCUT2D eigenvalue weighted by Crippen LogP contribution is 2.40. The first kappa shape index (κ1) is 18.2. The lowest BCUT2D eigenvalue weighted by Gasteiger charge is -2.30. The molecule has 0 atom stereocenters. The van der Waals surface area contributed by atoms with Crippen LogP contribution in [0.4, 0.5) is 5.82 Å². The molecule has 1 aliphatic carbocycles. The Morgan fingerprint density at radius 1 is 1.00 bits per heavy atom. The van der Waals surface area contributed by atoms with E-state index in [1.165, 1.54) is 46.4 Å². The Morgan fingerprint density at radius 3 is 2.74 bits per heavy atom. The van der Waals surface area contributed by atoms with Gasteiger partial charge in [-0.2, -0.15) is 4.52 Å². The molecule has 7 nitrogen and oxygen atoms in total. The van der Waals surface area contributed by atoms with Crippen molar-refractivity contribution in [2.24, 2.45) is 0 Å². The van der Waals surface area contributed by atoms with Crippen LogP contribution in [0, 0.1) is 6.92 Å². The summed E-state index contributed by atoms with van der Waals surface area (Å²) < 4.78 is 1.38. The van der Waals surface area contributed by atoms with Gasteiger partial charge in [0, 0.05) is 67.0 Å². The van der Waals surface area contributed by atoms with E-state index in [2.05, 4.69) is 38.2 Å². The van der Waals surface area contributed by atoms with Gasteiger partial charge in [-0.25, -0.2) is 4.98 Å². The van der Waals surface area contributed by atoms with Crippen molar-refractivity contribution in [2.75, 3.05) is 11.4 Å². The van der Waals surface area contributed by atoms with Gasteiger partial charge in [-0.15, -0.1) is 5.10 Å². The van der Waals surface area contributed by atoms with E-state index in [0.717, 1.165) is 35.6 Å². The van der Waals surface area contributed by atoms with Crippen LogP contribution in [0.25, 0.3) is 16.8 Å². The zero-order valence-electron chi connectivity index (χ0n) is 17.3. The Bertz CT molecular complexity index is 1370. The van der Waals surface area contributed by atoms with E-state index >= 15 is 0 Å². The first-order valence-electron chi connectivity index (χ1n) is 10.7. The summed E-state index contributed by atoms with van der Waals surface area (Å²) in [6, 6.07) is 9.86. The molecular formula is C24H22N6O. The number of pyridine rings is 2. The third-order valence-corrected chi connectivity index (χ3v) is 6.19. The van der Waals surface area contributed by atoms with Gasteiger partial charge in [0.05, 0.1) is 0 Å². The van der Waals surface area contributed by atoms with Crippen LogP contribution in [0.2, 0.25) is 0 Å². The number of anilines is 1. The lowest BCUT2D eigenvalue weighted by molar-refractivity contribution is 0.685. The van der Waals surface area contributed by atoms with Crippen LogP contribution in [-0.2, 0) is 13.0 Å². The van der Waals surface area contributed by atoms with Crippen molar-refractivity contribution in [3.05, 3.63) is 81.8 Å². The summed E-state index contributed by atoms with van der Waals surface area (Å²) in [5.74, 6) is 1.44. The molecule has 5 heterocycles. The average Bonchev–Trinajstić information content (AvgIpc) is 3.64. The average molecular weight is 410 g/mol. The molecule has 0 spiro atoms. The summed E-state index contributed by atoms with van der Waals surface area (Å²) in [6.45, 7) is 3.54. The predicted octanol–water partition coefficient (Wildman–Crippen LogP) is 3.30. The van der Waals surface area contributed by atoms with E-state index in [1.54, 1.807) is 0 Å². The van der Waals surface area contributed by atoms with Crippen molar-refractivity contribution in [1.29, 1.82) is 0 Å². The Kier molecular flexibility index (Phi) is 4.09. The minimum atomic E-state index is -0.170. The van der Waals surface area contributed by atoms with E-state index in [-0.39, 0.29) is 5.56 Å². The third kappa shape index (κ3) is 3.26. The number of rotatable bonds is 3. The second kappa shape index (κ2) is 6.97. The zero-order chi connectivity index (χ0) is 20.9. The fourth-order valence-corrected chi connectivity index (χ4v) is 4.35. The zero-order valence-corrected chi connectivity index (χ0v) is 17.3. The van der Waals surface area contributed by atoms with Gasteiger partial charge in [-0.05, 0) is 60.7 Å². The second-order valence-electron chi connectivity index (χ2n) is 8.45. The maximum atomic E-state index is 12.2. The second-order valence-corrected chi connectivity index (χ2v) is 8.45. The maximum absolute atomic E-state index is 12.2. The predicted molar refractivity (Wildman–Crippen MR) is 118 cm³/mol. The molecular weight excluding hydrogens is 388 g/mol. The number of fused-ring (bicyclic) bond motifs is 2. The number of nitrogens with zero attached hydrogens (tertiary/aromatic N) is 6. The Hall–Kier alpha value is -3.61. The van der Waals surface area contributed by atoms with Crippen LogP contribution < -0.4 is 10.5 Å². The summed E-state index contributed by atoms with van der Waals surface area (Å²) in [6.07, 6.45) is 8.74. The first-order valence-corrected chi connectivity index (χ1v) is 10.7.